The molecule has 0 aromatic carbocycles. The van der Waals surface area contributed by atoms with Crippen LogP contribution in [0.25, 0.3) is 0 Å². The molecular formula is C4H11BrClCuILiMgSi. The predicted octanol–water partition coefficient (Wildman–Crippen LogP) is -10.7. The van der Waals surface area contributed by atoms with Gasteiger partial charge in [-0.15, -0.1) is 8.07 Å². The summed E-state index contributed by atoms with van der Waals surface area (Å²) in [6.07, 6.45) is 0. The van der Waals surface area contributed by atoms with E-state index in [1.54, 1.807) is 0 Å². The molecular weight excluding hydrogens is 413 g/mol. The fourth-order valence-electron chi connectivity index (χ4n) is 0. The number of hydrogen-bond donors (Lipinski definition) is 0. The Kier molecular flexibility index (Phi) is 99.6. The van der Waals surface area contributed by atoms with Crippen LogP contribution in [-0.4, -0.2) is 31.1 Å². The van der Waals surface area contributed by atoms with Crippen LogP contribution in [0.3, 0.4) is 0 Å². The fraction of sp³-hybridized carbons (Fsp3) is 0.750. The van der Waals surface area contributed by atoms with Crippen LogP contribution in [0.15, 0.2) is 0 Å². The van der Waals surface area contributed by atoms with Crippen molar-refractivity contribution in [2.75, 3.05) is 0 Å². The van der Waals surface area contributed by atoms with Crippen LogP contribution in [0.5, 0.6) is 0 Å². The third-order valence-corrected chi connectivity index (χ3v) is 0. The van der Waals surface area contributed by atoms with Crippen LogP contribution in [0.2, 0.25) is 19.6 Å². The number of rotatable bonds is 0. The zero-order valence-electron chi connectivity index (χ0n) is 7.35. The molecule has 0 spiro atoms. The minimum Gasteiger partial charge on any atom is -1.00 e. The maximum absolute atomic E-state index is 3.91. The molecule has 0 nitrogen and oxygen atoms in total. The van der Waals surface area contributed by atoms with Gasteiger partial charge >= 0.3 is 59.0 Å². The summed E-state index contributed by atoms with van der Waals surface area (Å²) in [6, 6.07) is 0. The molecule has 0 N–H and O–H groups in total. The Balaban J connectivity index is -0.00000000533. The second-order valence-electron chi connectivity index (χ2n) is 2.56. The Bertz CT molecular complexity index is 45.6. The Morgan fingerprint density at radius 3 is 1.09 bits per heavy atom. The Hall–Kier alpha value is 3.60. The van der Waals surface area contributed by atoms with Crippen molar-refractivity contribution in [3.05, 3.63) is 6.55 Å². The quantitative estimate of drug-likeness (QED) is 0.206. The van der Waals surface area contributed by atoms with E-state index >= 15 is 0 Å². The Labute approximate surface area is 144 Å². The average Bonchev–Trinajstić information content (AvgIpc) is 0.722. The van der Waals surface area contributed by atoms with E-state index in [0.29, 0.717) is 0 Å². The van der Waals surface area contributed by atoms with E-state index in [2.05, 4.69) is 26.2 Å². The SMILES string of the molecule is [Br-].[CH2-][Si](C)(C)C.[Cl-].[Cu+].[I-].[Li+].[Mg+2]. The molecule has 0 aromatic heterocycles. The van der Waals surface area contributed by atoms with E-state index in [9.17, 15) is 0 Å². The van der Waals surface area contributed by atoms with Gasteiger partial charge < -0.3 is 59.9 Å². The van der Waals surface area contributed by atoms with Crippen LogP contribution in [-0.2, 0) is 17.1 Å². The smallest absolute Gasteiger partial charge is 1.00 e. The van der Waals surface area contributed by atoms with Crippen molar-refractivity contribution in [3.63, 3.8) is 0 Å². The van der Waals surface area contributed by atoms with Crippen molar-refractivity contribution in [3.8, 4) is 0 Å². The van der Waals surface area contributed by atoms with E-state index in [4.69, 9.17) is 0 Å². The van der Waals surface area contributed by atoms with Crippen molar-refractivity contribution in [2.45, 2.75) is 19.6 Å². The van der Waals surface area contributed by atoms with Gasteiger partial charge in [0.15, 0.2) is 0 Å². The molecule has 66 valence electrons. The molecule has 0 heterocycles. The molecule has 0 saturated heterocycles. The molecule has 0 fully saturated rings. The fourth-order valence-corrected chi connectivity index (χ4v) is 0. The van der Waals surface area contributed by atoms with Crippen molar-refractivity contribution < 1.29 is 89.3 Å². The molecule has 0 radical (unpaired) electrons. The zero-order chi connectivity index (χ0) is 4.50. The first-order valence-corrected chi connectivity index (χ1v) is 5.56. The molecule has 0 saturated carbocycles. The average molecular weight is 424 g/mol. The van der Waals surface area contributed by atoms with E-state index in [1.807, 2.05) is 0 Å². The normalized spacial score (nSPS) is 5.45. The van der Waals surface area contributed by atoms with Gasteiger partial charge in [0.05, 0.1) is 0 Å². The maximum atomic E-state index is 3.91. The third kappa shape index (κ3) is 141. The van der Waals surface area contributed by atoms with E-state index in [-0.39, 0.29) is 112 Å². The topological polar surface area (TPSA) is 0 Å². The maximum Gasteiger partial charge on any atom is 2.00 e. The first-order valence-electron chi connectivity index (χ1n) is 1.85. The van der Waals surface area contributed by atoms with Crippen molar-refractivity contribution >= 4 is 31.1 Å². The zero-order valence-corrected chi connectivity index (χ0v) is 15.2. The van der Waals surface area contributed by atoms with Gasteiger partial charge in [0.1, 0.15) is 0 Å². The first-order chi connectivity index (χ1) is 2.00. The number of hydrogen-bond acceptors (Lipinski definition) is 0. The summed E-state index contributed by atoms with van der Waals surface area (Å²) in [7, 11) is -0.861. The standard InChI is InChI=1S/C4H11Si.BrH.ClH.Cu.HI.Li.Mg/c1-5(2,3)4;;;;;;/h1H2,2-4H3;2*1H;;1H;;/q-1;;;+1;;+1;+2/p-3. The summed E-state index contributed by atoms with van der Waals surface area (Å²) in [5.41, 5.74) is 0. The monoisotopic (exact) mass is 422 g/mol. The van der Waals surface area contributed by atoms with Crippen LogP contribution in [0, 0.1) is 6.55 Å². The summed E-state index contributed by atoms with van der Waals surface area (Å²) in [5, 5.41) is 0. The molecule has 0 rings (SSSR count). The summed E-state index contributed by atoms with van der Waals surface area (Å²) in [5.74, 6) is 0. The second-order valence-corrected chi connectivity index (χ2v) is 7.68. The summed E-state index contributed by atoms with van der Waals surface area (Å²) in [4.78, 5) is 0. The molecule has 0 amide bonds. The minimum absolute atomic E-state index is 0. The molecule has 7 heteroatoms. The van der Waals surface area contributed by atoms with Gasteiger partial charge in [-0.3, -0.25) is 0 Å². The minimum atomic E-state index is -0.861. The third-order valence-electron chi connectivity index (χ3n) is 0. The number of halogens is 3. The Morgan fingerprint density at radius 2 is 1.09 bits per heavy atom. The van der Waals surface area contributed by atoms with Crippen LogP contribution < -0.4 is 72.2 Å². The molecule has 11 heavy (non-hydrogen) atoms. The van der Waals surface area contributed by atoms with Crippen molar-refractivity contribution in [2.24, 2.45) is 0 Å². The van der Waals surface area contributed by atoms with Gasteiger partial charge in [-0.25, -0.2) is 0 Å². The van der Waals surface area contributed by atoms with Gasteiger partial charge in [-0.05, 0) is 0 Å². The van der Waals surface area contributed by atoms with Gasteiger partial charge in [-0.2, -0.15) is 0 Å². The summed E-state index contributed by atoms with van der Waals surface area (Å²) >= 11 is 0. The largest absolute Gasteiger partial charge is 2.00 e. The van der Waals surface area contributed by atoms with Gasteiger partial charge in [0.25, 0.3) is 0 Å². The molecule has 0 aliphatic carbocycles. The Morgan fingerprint density at radius 1 is 1.09 bits per heavy atom. The molecule has 0 unspecified atom stereocenters. The summed E-state index contributed by atoms with van der Waals surface area (Å²) in [6.45, 7) is 10.6. The van der Waals surface area contributed by atoms with E-state index in [1.165, 1.54) is 0 Å². The molecule has 0 aliphatic heterocycles. The van der Waals surface area contributed by atoms with Gasteiger partial charge in [0.2, 0.25) is 0 Å². The predicted molar refractivity (Wildman–Crippen MR) is 34.5 cm³/mol. The van der Waals surface area contributed by atoms with E-state index < -0.39 is 8.07 Å². The van der Waals surface area contributed by atoms with Gasteiger partial charge in [0, 0.05) is 0 Å². The van der Waals surface area contributed by atoms with Crippen LogP contribution >= 0.6 is 0 Å². The second kappa shape index (κ2) is 23.4. The van der Waals surface area contributed by atoms with Crippen molar-refractivity contribution in [1.82, 2.24) is 0 Å². The van der Waals surface area contributed by atoms with Crippen LogP contribution in [0.4, 0.5) is 0 Å². The first kappa shape index (κ1) is 46.8. The van der Waals surface area contributed by atoms with Crippen LogP contribution in [0.1, 0.15) is 0 Å². The molecule has 0 aliphatic rings. The van der Waals surface area contributed by atoms with E-state index in [0.717, 1.165) is 0 Å². The molecule has 0 atom stereocenters. The van der Waals surface area contributed by atoms with Crippen molar-refractivity contribution in [1.29, 1.82) is 0 Å². The molecule has 0 bridgehead atoms. The molecule has 0 aromatic rings. The summed E-state index contributed by atoms with van der Waals surface area (Å²) < 4.78 is 0. The van der Waals surface area contributed by atoms with Gasteiger partial charge in [-0.1, -0.05) is 19.6 Å².